The molecular weight excluding hydrogens is 365 g/mol. The molecule has 7 heteroatoms. The van der Waals surface area contributed by atoms with Gasteiger partial charge in [-0.3, -0.25) is 4.79 Å². The third-order valence-corrected chi connectivity index (χ3v) is 3.94. The second-order valence-electron chi connectivity index (χ2n) is 5.13. The van der Waals surface area contributed by atoms with Crippen molar-refractivity contribution in [1.82, 2.24) is 5.32 Å². The predicted molar refractivity (Wildman–Crippen MR) is 97.6 cm³/mol. The molecule has 0 radical (unpaired) electrons. The first kappa shape index (κ1) is 19.4. The van der Waals surface area contributed by atoms with Crippen molar-refractivity contribution in [3.8, 4) is 11.5 Å². The zero-order chi connectivity index (χ0) is 18.1. The average molecular weight is 384 g/mol. The molecule has 0 saturated heterocycles. The Kier molecular flexibility index (Phi) is 7.85. The molecule has 134 valence electrons. The summed E-state index contributed by atoms with van der Waals surface area (Å²) in [5.74, 6) is 0.978. The molecule has 1 amide bonds. The quantitative estimate of drug-likeness (QED) is 0.670. The number of nitrogens with one attached hydrogen (secondary N) is 1. The molecule has 0 fully saturated rings. The van der Waals surface area contributed by atoms with Gasteiger partial charge in [0.2, 0.25) is 0 Å². The number of amides is 1. The zero-order valence-electron chi connectivity index (χ0n) is 13.8. The highest BCUT2D eigenvalue weighted by Gasteiger charge is 2.05. The Bertz CT molecular complexity index is 709. The minimum atomic E-state index is -0.239. The van der Waals surface area contributed by atoms with Crippen molar-refractivity contribution in [2.45, 2.75) is 6.54 Å². The number of ether oxygens (including phenoxy) is 3. The molecule has 0 aliphatic heterocycles. The lowest BCUT2D eigenvalue weighted by Gasteiger charge is -2.10. The Balaban J connectivity index is 1.77. The first-order valence-electron chi connectivity index (χ1n) is 7.63. The minimum Gasteiger partial charge on any atom is -0.491 e. The highest BCUT2D eigenvalue weighted by Crippen LogP contribution is 2.26. The van der Waals surface area contributed by atoms with Crippen LogP contribution in [-0.2, 0) is 16.1 Å². The molecule has 0 aliphatic rings. The van der Waals surface area contributed by atoms with Crippen molar-refractivity contribution in [3.63, 3.8) is 0 Å². The molecule has 0 heterocycles. The largest absolute Gasteiger partial charge is 0.491 e. The number of rotatable bonds is 9. The van der Waals surface area contributed by atoms with E-state index < -0.39 is 0 Å². The van der Waals surface area contributed by atoms with Gasteiger partial charge in [-0.1, -0.05) is 35.3 Å². The third-order valence-electron chi connectivity index (χ3n) is 3.21. The van der Waals surface area contributed by atoms with Crippen LogP contribution < -0.4 is 14.8 Å². The number of halogens is 2. The summed E-state index contributed by atoms with van der Waals surface area (Å²) in [5, 5.41) is 3.60. The van der Waals surface area contributed by atoms with Crippen molar-refractivity contribution >= 4 is 29.1 Å². The molecule has 5 nitrogen and oxygen atoms in total. The first-order chi connectivity index (χ1) is 12.1. The topological polar surface area (TPSA) is 56.8 Å². The lowest BCUT2D eigenvalue weighted by Crippen LogP contribution is -2.28. The summed E-state index contributed by atoms with van der Waals surface area (Å²) in [4.78, 5) is 11.9. The molecule has 0 atom stereocenters. The molecule has 2 aromatic rings. The Labute approximate surface area is 156 Å². The van der Waals surface area contributed by atoms with Crippen LogP contribution in [0.15, 0.2) is 42.5 Å². The smallest absolute Gasteiger partial charge is 0.258 e. The van der Waals surface area contributed by atoms with Gasteiger partial charge in [0, 0.05) is 19.7 Å². The summed E-state index contributed by atoms with van der Waals surface area (Å²) in [6.07, 6.45) is 0. The number of hydrogen-bond donors (Lipinski definition) is 1. The molecule has 0 bridgehead atoms. The van der Waals surface area contributed by atoms with Crippen LogP contribution in [0, 0.1) is 0 Å². The normalized spacial score (nSPS) is 10.4. The molecule has 0 saturated carbocycles. The monoisotopic (exact) mass is 383 g/mol. The Morgan fingerprint density at radius 1 is 1.00 bits per heavy atom. The molecule has 0 unspecified atom stereocenters. The SMILES string of the molecule is COCCOc1cccc(CNC(=O)COc2ccc(Cl)c(Cl)c2)c1. The molecule has 2 aromatic carbocycles. The average Bonchev–Trinajstić information content (AvgIpc) is 2.61. The summed E-state index contributed by atoms with van der Waals surface area (Å²) in [5.41, 5.74) is 0.929. The standard InChI is InChI=1S/C18H19Cl2NO4/c1-23-7-8-24-14-4-2-3-13(9-14)11-21-18(22)12-25-15-5-6-16(19)17(20)10-15/h2-6,9-10H,7-8,11-12H2,1H3,(H,21,22). The van der Waals surface area contributed by atoms with E-state index in [1.54, 1.807) is 25.3 Å². The van der Waals surface area contributed by atoms with E-state index in [1.165, 1.54) is 0 Å². The fourth-order valence-electron chi connectivity index (χ4n) is 1.96. The summed E-state index contributed by atoms with van der Waals surface area (Å²) < 4.78 is 15.9. The fraction of sp³-hybridized carbons (Fsp3) is 0.278. The lowest BCUT2D eigenvalue weighted by molar-refractivity contribution is -0.123. The van der Waals surface area contributed by atoms with Crippen LogP contribution in [0.2, 0.25) is 10.0 Å². The van der Waals surface area contributed by atoms with Crippen LogP contribution >= 0.6 is 23.2 Å². The van der Waals surface area contributed by atoms with Gasteiger partial charge < -0.3 is 19.5 Å². The highest BCUT2D eigenvalue weighted by atomic mass is 35.5. The number of carbonyl (C=O) groups excluding carboxylic acids is 1. The third kappa shape index (κ3) is 6.82. The van der Waals surface area contributed by atoms with Gasteiger partial charge in [-0.05, 0) is 29.8 Å². The molecule has 2 rings (SSSR count). The van der Waals surface area contributed by atoms with E-state index in [4.69, 9.17) is 37.4 Å². The number of carbonyl (C=O) groups is 1. The lowest BCUT2D eigenvalue weighted by atomic mass is 10.2. The van der Waals surface area contributed by atoms with Gasteiger partial charge in [-0.25, -0.2) is 0 Å². The Morgan fingerprint density at radius 3 is 2.56 bits per heavy atom. The van der Waals surface area contributed by atoms with Crippen LogP contribution in [0.4, 0.5) is 0 Å². The van der Waals surface area contributed by atoms with E-state index in [0.717, 1.165) is 11.3 Å². The Hall–Kier alpha value is -1.95. The summed E-state index contributed by atoms with van der Waals surface area (Å²) in [6, 6.07) is 12.3. The summed E-state index contributed by atoms with van der Waals surface area (Å²) in [7, 11) is 1.62. The number of benzene rings is 2. The second kappa shape index (κ2) is 10.1. The van der Waals surface area contributed by atoms with E-state index in [9.17, 15) is 4.79 Å². The van der Waals surface area contributed by atoms with E-state index in [0.29, 0.717) is 35.6 Å². The second-order valence-corrected chi connectivity index (χ2v) is 5.94. The van der Waals surface area contributed by atoms with Gasteiger partial charge in [-0.2, -0.15) is 0 Å². The molecule has 0 aliphatic carbocycles. The number of methoxy groups -OCH3 is 1. The van der Waals surface area contributed by atoms with Gasteiger partial charge in [-0.15, -0.1) is 0 Å². The van der Waals surface area contributed by atoms with Crippen LogP contribution in [-0.4, -0.2) is 32.8 Å². The first-order valence-corrected chi connectivity index (χ1v) is 8.39. The van der Waals surface area contributed by atoms with Gasteiger partial charge >= 0.3 is 0 Å². The van der Waals surface area contributed by atoms with Crippen LogP contribution in [0.25, 0.3) is 0 Å². The predicted octanol–water partition coefficient (Wildman–Crippen LogP) is 3.71. The Morgan fingerprint density at radius 2 is 1.80 bits per heavy atom. The van der Waals surface area contributed by atoms with Gasteiger partial charge in [0.25, 0.3) is 5.91 Å². The van der Waals surface area contributed by atoms with Crippen molar-refractivity contribution in [2.24, 2.45) is 0 Å². The van der Waals surface area contributed by atoms with E-state index in [-0.39, 0.29) is 12.5 Å². The van der Waals surface area contributed by atoms with Crippen molar-refractivity contribution in [1.29, 1.82) is 0 Å². The maximum absolute atomic E-state index is 11.9. The van der Waals surface area contributed by atoms with Crippen LogP contribution in [0.1, 0.15) is 5.56 Å². The molecular formula is C18H19Cl2NO4. The van der Waals surface area contributed by atoms with Gasteiger partial charge in [0.1, 0.15) is 18.1 Å². The van der Waals surface area contributed by atoms with E-state index in [1.807, 2.05) is 24.3 Å². The van der Waals surface area contributed by atoms with Crippen molar-refractivity contribution in [3.05, 3.63) is 58.1 Å². The summed E-state index contributed by atoms with van der Waals surface area (Å²) >= 11 is 11.7. The molecule has 0 aromatic heterocycles. The van der Waals surface area contributed by atoms with Crippen molar-refractivity contribution in [2.75, 3.05) is 26.9 Å². The maximum atomic E-state index is 11.9. The fourth-order valence-corrected chi connectivity index (χ4v) is 2.24. The summed E-state index contributed by atoms with van der Waals surface area (Å²) in [6.45, 7) is 1.27. The van der Waals surface area contributed by atoms with Crippen LogP contribution in [0.3, 0.4) is 0 Å². The number of hydrogen-bond acceptors (Lipinski definition) is 4. The minimum absolute atomic E-state index is 0.109. The van der Waals surface area contributed by atoms with Gasteiger partial charge in [0.15, 0.2) is 6.61 Å². The highest BCUT2D eigenvalue weighted by molar-refractivity contribution is 6.42. The molecule has 1 N–H and O–H groups in total. The van der Waals surface area contributed by atoms with E-state index >= 15 is 0 Å². The zero-order valence-corrected chi connectivity index (χ0v) is 15.3. The van der Waals surface area contributed by atoms with Crippen molar-refractivity contribution < 1.29 is 19.0 Å². The molecule has 25 heavy (non-hydrogen) atoms. The maximum Gasteiger partial charge on any atom is 0.258 e. The molecule has 0 spiro atoms. The van der Waals surface area contributed by atoms with E-state index in [2.05, 4.69) is 5.32 Å². The van der Waals surface area contributed by atoms with Gasteiger partial charge in [0.05, 0.1) is 16.7 Å². The van der Waals surface area contributed by atoms with Crippen LogP contribution in [0.5, 0.6) is 11.5 Å².